The largest absolute Gasteiger partial charge is 0.370 e. The number of amides is 6. The van der Waals surface area contributed by atoms with Gasteiger partial charge in [0.15, 0.2) is 0 Å². The Morgan fingerprint density at radius 2 is 1.58 bits per heavy atom. The smallest absolute Gasteiger partial charge is 0.243 e. The molecule has 3 rings (SSSR count). The fourth-order valence-electron chi connectivity index (χ4n) is 5.24. The van der Waals surface area contributed by atoms with Crippen LogP contribution in [-0.2, 0) is 45.2 Å². The minimum atomic E-state index is -4.41. The second kappa shape index (κ2) is 18.1. The van der Waals surface area contributed by atoms with E-state index in [9.17, 15) is 41.6 Å². The number of nitrogens with two attached hydrogens (primary N) is 2. The van der Waals surface area contributed by atoms with Crippen molar-refractivity contribution in [2.75, 3.05) is 13.6 Å². The molecule has 4 atom stereocenters. The van der Waals surface area contributed by atoms with Gasteiger partial charge in [0, 0.05) is 37.0 Å². The van der Waals surface area contributed by atoms with Crippen LogP contribution in [0.3, 0.4) is 0 Å². The third kappa shape index (κ3) is 11.1. The number of nitriles is 1. The van der Waals surface area contributed by atoms with Gasteiger partial charge in [0.1, 0.15) is 36.1 Å². The van der Waals surface area contributed by atoms with Crippen molar-refractivity contribution >= 4 is 56.4 Å². The van der Waals surface area contributed by atoms with Crippen molar-refractivity contribution in [3.8, 4) is 6.07 Å². The fourth-order valence-corrected chi connectivity index (χ4v) is 6.39. The maximum Gasteiger partial charge on any atom is 0.243 e. The minimum absolute atomic E-state index is 0.106. The Bertz CT molecular complexity index is 2030. The molecule has 1 heterocycles. The van der Waals surface area contributed by atoms with E-state index in [4.69, 9.17) is 16.7 Å². The van der Waals surface area contributed by atoms with Crippen LogP contribution in [-0.4, -0.2) is 90.9 Å². The molecule has 19 heteroatoms. The Morgan fingerprint density at radius 3 is 2.21 bits per heavy atom. The summed E-state index contributed by atoms with van der Waals surface area (Å²) in [6.07, 6.45) is 0.811. The molecule has 6 amide bonds. The first-order valence-electron chi connectivity index (χ1n) is 16.3. The maximum absolute atomic E-state index is 13.8. The van der Waals surface area contributed by atoms with Crippen LogP contribution in [0.5, 0.6) is 0 Å². The number of carbonyl (C=O) groups is 6. The number of halogens is 1. The van der Waals surface area contributed by atoms with Crippen LogP contribution >= 0.6 is 0 Å². The van der Waals surface area contributed by atoms with Crippen LogP contribution < -0.4 is 32.7 Å². The zero-order valence-electron chi connectivity index (χ0n) is 29.4. The third-order valence-corrected chi connectivity index (χ3v) is 10.0. The van der Waals surface area contributed by atoms with Crippen molar-refractivity contribution in [3.63, 3.8) is 0 Å². The van der Waals surface area contributed by atoms with E-state index in [1.807, 2.05) is 0 Å². The molecule has 17 nitrogen and oxygen atoms in total. The van der Waals surface area contributed by atoms with Crippen molar-refractivity contribution in [2.24, 2.45) is 17.4 Å². The highest BCUT2D eigenvalue weighted by Gasteiger charge is 2.32. The van der Waals surface area contributed by atoms with Crippen LogP contribution in [0.4, 0.5) is 4.39 Å². The summed E-state index contributed by atoms with van der Waals surface area (Å²) in [6, 6.07) is 6.15. The number of H-pyrrole nitrogens is 1. The van der Waals surface area contributed by atoms with Gasteiger partial charge in [-0.05, 0) is 49.1 Å². The van der Waals surface area contributed by atoms with Crippen molar-refractivity contribution in [2.45, 2.75) is 69.1 Å². The third-order valence-electron chi connectivity index (χ3n) is 8.22. The topological polar surface area (TPSA) is 280 Å². The summed E-state index contributed by atoms with van der Waals surface area (Å²) in [6.45, 7) is 3.88. The van der Waals surface area contributed by atoms with Gasteiger partial charge in [0.2, 0.25) is 45.5 Å². The molecule has 1 aromatic heterocycles. The normalized spacial score (nSPS) is 13.7. The van der Waals surface area contributed by atoms with Crippen molar-refractivity contribution < 1.29 is 41.6 Å². The number of primary amides is 2. The summed E-state index contributed by atoms with van der Waals surface area (Å²) >= 11 is 0. The first-order valence-corrected chi connectivity index (χ1v) is 17.8. The van der Waals surface area contributed by atoms with Gasteiger partial charge in [-0.1, -0.05) is 32.0 Å². The molecule has 3 aromatic rings. The van der Waals surface area contributed by atoms with E-state index in [2.05, 4.69) is 26.3 Å². The second-order valence-electron chi connectivity index (χ2n) is 12.6. The summed E-state index contributed by atoms with van der Waals surface area (Å²) in [7, 11) is -3.36. The Balaban J connectivity index is 1.85. The molecule has 0 aliphatic carbocycles. The van der Waals surface area contributed by atoms with Gasteiger partial charge < -0.3 is 37.7 Å². The quantitative estimate of drug-likeness (QED) is 0.0873. The average molecular weight is 755 g/mol. The van der Waals surface area contributed by atoms with Crippen LogP contribution in [0.25, 0.3) is 10.9 Å². The minimum Gasteiger partial charge on any atom is -0.370 e. The Hall–Kier alpha value is -5.87. The molecule has 0 saturated carbocycles. The number of sulfonamides is 1. The first kappa shape index (κ1) is 41.5. The van der Waals surface area contributed by atoms with E-state index < -0.39 is 92.5 Å². The van der Waals surface area contributed by atoms with E-state index in [0.29, 0.717) is 9.87 Å². The molecular weight excluding hydrogens is 712 g/mol. The Kier molecular flexibility index (Phi) is 14.2. The van der Waals surface area contributed by atoms with Gasteiger partial charge in [-0.2, -0.15) is 9.57 Å². The lowest BCUT2D eigenvalue weighted by Crippen LogP contribution is -2.58. The molecule has 9 N–H and O–H groups in total. The van der Waals surface area contributed by atoms with E-state index in [0.717, 1.165) is 36.1 Å². The highest BCUT2D eigenvalue weighted by Crippen LogP contribution is 2.20. The molecule has 0 radical (unpaired) electrons. The van der Waals surface area contributed by atoms with Gasteiger partial charge in [0.25, 0.3) is 0 Å². The number of nitrogens with zero attached hydrogens (tertiary/aromatic N) is 2. The predicted molar refractivity (Wildman–Crippen MR) is 189 cm³/mol. The van der Waals surface area contributed by atoms with Gasteiger partial charge in [0.05, 0.1) is 17.0 Å². The number of likely N-dealkylation sites (N-methyl/N-ethyl adjacent to an activating group) is 1. The van der Waals surface area contributed by atoms with Gasteiger partial charge in [-0.25, -0.2) is 12.8 Å². The summed E-state index contributed by atoms with van der Waals surface area (Å²) in [5, 5.41) is 19.8. The number of rotatable bonds is 18. The molecule has 0 bridgehead atoms. The Morgan fingerprint density at radius 1 is 0.925 bits per heavy atom. The standard InChI is InChI=1S/C34H42FN9O8S/c1-18(2)30(31(38)47)43-32(48)19(3)40-34(50)27(14-21-16-39-25-8-6-5-7-23(21)25)42-33(49)26(11-12-28(37)45)41-29(46)17-44(4)53(51,52)22-9-10-24(35)20(13-22)15-36/h5-10,13,16,18-19,26-27,30,39H,11-12,14,17H2,1-4H3,(H2,37,45)(H2,38,47)(H,40,50)(H,41,46)(H,42,49)(H,43,48)/t19-,26-,27-,30-/m0/s1/i35-1. The van der Waals surface area contributed by atoms with Crippen molar-refractivity contribution in [3.05, 3.63) is 65.6 Å². The number of aromatic nitrogens is 1. The monoisotopic (exact) mass is 754 g/mol. The highest BCUT2D eigenvalue weighted by molar-refractivity contribution is 7.89. The van der Waals surface area contributed by atoms with E-state index >= 15 is 0 Å². The predicted octanol–water partition coefficient (Wildman–Crippen LogP) is -0.592. The Labute approximate surface area is 305 Å². The SMILES string of the molecule is CC(C)[C@H](NC(=O)[C@H](C)NC(=O)[C@H](Cc1c[nH]c2ccccc12)NC(=O)[C@H](CCC(N)=O)NC(=O)CN(C)S(=O)(=O)c1ccc([18F])c(C#N)c1)C(N)=O. The van der Waals surface area contributed by atoms with Gasteiger partial charge in [-0.3, -0.25) is 28.8 Å². The second-order valence-corrected chi connectivity index (χ2v) is 14.7. The number of hydrogen-bond acceptors (Lipinski definition) is 9. The van der Waals surface area contributed by atoms with Gasteiger partial charge in [-0.15, -0.1) is 0 Å². The number of hydrogen-bond donors (Lipinski definition) is 7. The number of fused-ring (bicyclic) bond motifs is 1. The molecule has 0 fully saturated rings. The van der Waals surface area contributed by atoms with Gasteiger partial charge >= 0.3 is 0 Å². The molecule has 0 saturated heterocycles. The zero-order valence-corrected chi connectivity index (χ0v) is 30.3. The molecule has 0 spiro atoms. The fraction of sp³-hybridized carbons (Fsp3) is 0.382. The highest BCUT2D eigenvalue weighted by atomic mass is 32.2. The molecule has 0 aliphatic heterocycles. The molecule has 0 aliphatic rings. The molecule has 53 heavy (non-hydrogen) atoms. The number of carbonyl (C=O) groups excluding carboxylic acids is 6. The summed E-state index contributed by atoms with van der Waals surface area (Å²) in [5.74, 6) is -6.32. The molecule has 2 aromatic carbocycles. The number of para-hydroxylation sites is 1. The molecule has 284 valence electrons. The lowest BCUT2D eigenvalue weighted by atomic mass is 10.0. The number of nitrogens with one attached hydrogen (secondary N) is 5. The van der Waals surface area contributed by atoms with E-state index in [1.54, 1.807) is 44.3 Å². The molecule has 0 unspecified atom stereocenters. The molecular formula is C34H42FN9O8S. The maximum atomic E-state index is 13.8. The van der Waals surface area contributed by atoms with Crippen LogP contribution in [0.15, 0.2) is 53.6 Å². The van der Waals surface area contributed by atoms with Crippen LogP contribution in [0.1, 0.15) is 44.7 Å². The lowest BCUT2D eigenvalue weighted by Gasteiger charge is -2.26. The van der Waals surface area contributed by atoms with Crippen molar-refractivity contribution in [1.29, 1.82) is 5.26 Å². The summed E-state index contributed by atoms with van der Waals surface area (Å²) in [4.78, 5) is 79.6. The van der Waals surface area contributed by atoms with E-state index in [-0.39, 0.29) is 25.2 Å². The summed E-state index contributed by atoms with van der Waals surface area (Å²) in [5.41, 5.74) is 11.5. The number of aromatic amines is 1. The van der Waals surface area contributed by atoms with E-state index in [1.165, 1.54) is 13.0 Å². The van der Waals surface area contributed by atoms with Crippen LogP contribution in [0.2, 0.25) is 0 Å². The first-order chi connectivity index (χ1) is 24.8. The van der Waals surface area contributed by atoms with Crippen molar-refractivity contribution in [1.82, 2.24) is 30.6 Å². The lowest BCUT2D eigenvalue weighted by molar-refractivity contribution is -0.134. The number of benzene rings is 2. The zero-order chi connectivity index (χ0) is 39.6. The average Bonchev–Trinajstić information content (AvgIpc) is 3.50. The van der Waals surface area contributed by atoms with Crippen LogP contribution in [0, 0.1) is 23.1 Å². The summed E-state index contributed by atoms with van der Waals surface area (Å²) < 4.78 is 40.6.